The number of aromatic nitrogens is 4. The lowest BCUT2D eigenvalue weighted by molar-refractivity contribution is 0.415. The average Bonchev–Trinajstić information content (AvgIpc) is 3.26. The molecule has 0 saturated carbocycles. The largest absolute Gasteiger partial charge is 0.495 e. The van der Waals surface area contributed by atoms with Crippen LogP contribution in [-0.4, -0.2) is 40.2 Å². The van der Waals surface area contributed by atoms with Crippen molar-refractivity contribution >= 4 is 51.5 Å². The molecule has 8 nitrogen and oxygen atoms in total. The minimum Gasteiger partial charge on any atom is -0.495 e. The van der Waals surface area contributed by atoms with E-state index in [-0.39, 0.29) is 5.41 Å². The van der Waals surface area contributed by atoms with Crippen molar-refractivity contribution in [3.8, 4) is 16.9 Å². The highest BCUT2D eigenvalue weighted by molar-refractivity contribution is 9.10. The van der Waals surface area contributed by atoms with Gasteiger partial charge in [0.05, 0.1) is 29.2 Å². The molecule has 2 heterocycles. The van der Waals surface area contributed by atoms with Gasteiger partial charge in [0.2, 0.25) is 5.95 Å². The Hall–Kier alpha value is -3.16. The Labute approximate surface area is 226 Å². The van der Waals surface area contributed by atoms with Crippen LogP contribution in [-0.2, 0) is 17.0 Å². The third-order valence-electron chi connectivity index (χ3n) is 5.89. The van der Waals surface area contributed by atoms with Crippen molar-refractivity contribution in [3.63, 3.8) is 0 Å². The van der Waals surface area contributed by atoms with Gasteiger partial charge < -0.3 is 19.9 Å². The molecule has 0 unspecified atom stereocenters. The van der Waals surface area contributed by atoms with E-state index in [1.807, 2.05) is 43.7 Å². The summed E-state index contributed by atoms with van der Waals surface area (Å²) in [6.07, 6.45) is 5.53. The number of anilines is 4. The molecule has 0 aliphatic rings. The quantitative estimate of drug-likeness (QED) is 0.235. The van der Waals surface area contributed by atoms with Crippen LogP contribution in [0.2, 0.25) is 0 Å². The Bertz CT molecular complexity index is 1490. The molecule has 0 fully saturated rings. The molecule has 194 valence electrons. The van der Waals surface area contributed by atoms with Gasteiger partial charge in [-0.15, -0.1) is 0 Å². The maximum absolute atomic E-state index is 12.8. The number of halogens is 1. The topological polar surface area (TPSA) is 94.0 Å². The highest BCUT2D eigenvalue weighted by atomic mass is 79.9. The molecule has 0 bridgehead atoms. The second kappa shape index (κ2) is 10.3. The Morgan fingerprint density at radius 2 is 1.78 bits per heavy atom. The van der Waals surface area contributed by atoms with Crippen LogP contribution >= 0.6 is 23.1 Å². The maximum Gasteiger partial charge on any atom is 0.229 e. The number of hydrogen-bond acceptors (Lipinski definition) is 7. The predicted molar refractivity (Wildman–Crippen MR) is 156 cm³/mol. The molecule has 0 amide bonds. The lowest BCUT2D eigenvalue weighted by atomic mass is 9.82. The highest BCUT2D eigenvalue weighted by Gasteiger charge is 2.23. The first kappa shape index (κ1) is 26.9. The smallest absolute Gasteiger partial charge is 0.229 e. The summed E-state index contributed by atoms with van der Waals surface area (Å²) in [5.74, 6) is 1.62. The monoisotopic (exact) mass is 582 g/mol. The van der Waals surface area contributed by atoms with Gasteiger partial charge in [-0.1, -0.05) is 32.9 Å². The van der Waals surface area contributed by atoms with E-state index in [2.05, 4.69) is 69.6 Å². The SMILES string of the molecule is COc1cc(C(C)(C)C)c(-c2cnn(C)c2)cc1Nc1ncc(Br)c(Nc2ccccc2P(C)(C)=O)n1. The summed E-state index contributed by atoms with van der Waals surface area (Å²) in [6.45, 7) is 10.0. The van der Waals surface area contributed by atoms with Crippen LogP contribution in [0.25, 0.3) is 11.1 Å². The van der Waals surface area contributed by atoms with Gasteiger partial charge in [-0.2, -0.15) is 10.1 Å². The third kappa shape index (κ3) is 6.05. The Kier molecular flexibility index (Phi) is 7.49. The van der Waals surface area contributed by atoms with Gasteiger partial charge in [0.1, 0.15) is 18.7 Å². The number of para-hydroxylation sites is 1. The summed E-state index contributed by atoms with van der Waals surface area (Å²) in [5.41, 5.74) is 4.56. The van der Waals surface area contributed by atoms with Crippen LogP contribution in [0, 0.1) is 0 Å². The normalized spacial score (nSPS) is 11.9. The zero-order chi connectivity index (χ0) is 27.0. The summed E-state index contributed by atoms with van der Waals surface area (Å²) in [5, 5.41) is 11.8. The number of methoxy groups -OCH3 is 1. The standard InChI is InChI=1S/C27H32BrN6O2P/c1-27(2,3)19-13-23(36-5)22(12-18(19)17-14-30-34(4)16-17)32-26-29-15-20(28)25(33-26)31-21-10-8-9-11-24(21)37(6,7)35/h8-16H,1-7H3,(H2,29,31,32,33). The zero-order valence-electron chi connectivity index (χ0n) is 22.1. The average molecular weight is 583 g/mol. The second-order valence-corrected chi connectivity index (χ2v) is 14.3. The predicted octanol–water partition coefficient (Wildman–Crippen LogP) is 6.68. The van der Waals surface area contributed by atoms with E-state index >= 15 is 0 Å². The summed E-state index contributed by atoms with van der Waals surface area (Å²) in [4.78, 5) is 9.16. The van der Waals surface area contributed by atoms with Crippen molar-refractivity contribution in [2.45, 2.75) is 26.2 Å². The van der Waals surface area contributed by atoms with Crippen LogP contribution in [0.5, 0.6) is 5.75 Å². The van der Waals surface area contributed by atoms with Gasteiger partial charge in [-0.3, -0.25) is 4.68 Å². The van der Waals surface area contributed by atoms with E-state index in [0.29, 0.717) is 22.0 Å². The molecule has 2 N–H and O–H groups in total. The summed E-state index contributed by atoms with van der Waals surface area (Å²) in [7, 11) is 1.06. The van der Waals surface area contributed by atoms with E-state index in [4.69, 9.17) is 9.72 Å². The van der Waals surface area contributed by atoms with Crippen molar-refractivity contribution in [1.29, 1.82) is 0 Å². The summed E-state index contributed by atoms with van der Waals surface area (Å²) >= 11 is 3.53. The Balaban J connectivity index is 1.75. The molecular weight excluding hydrogens is 551 g/mol. The molecule has 0 radical (unpaired) electrons. The van der Waals surface area contributed by atoms with E-state index in [1.165, 1.54) is 0 Å². The van der Waals surface area contributed by atoms with Gasteiger partial charge in [0.15, 0.2) is 0 Å². The first-order valence-corrected chi connectivity index (χ1v) is 15.2. The van der Waals surface area contributed by atoms with Crippen LogP contribution in [0.1, 0.15) is 26.3 Å². The van der Waals surface area contributed by atoms with Crippen LogP contribution < -0.4 is 20.7 Å². The van der Waals surface area contributed by atoms with Gasteiger partial charge in [0.25, 0.3) is 0 Å². The van der Waals surface area contributed by atoms with Crippen molar-refractivity contribution in [2.24, 2.45) is 7.05 Å². The van der Waals surface area contributed by atoms with E-state index in [9.17, 15) is 4.57 Å². The highest BCUT2D eigenvalue weighted by Crippen LogP contribution is 2.41. The fraction of sp³-hybridized carbons (Fsp3) is 0.296. The number of hydrogen-bond donors (Lipinski definition) is 2. The number of rotatable bonds is 7. The minimum absolute atomic E-state index is 0.117. The fourth-order valence-corrected chi connectivity index (χ4v) is 5.52. The van der Waals surface area contributed by atoms with Crippen LogP contribution in [0.4, 0.5) is 23.1 Å². The van der Waals surface area contributed by atoms with Crippen LogP contribution in [0.15, 0.2) is 59.5 Å². The summed E-state index contributed by atoms with van der Waals surface area (Å²) in [6, 6.07) is 11.7. The van der Waals surface area contributed by atoms with Gasteiger partial charge >= 0.3 is 0 Å². The lowest BCUT2D eigenvalue weighted by Gasteiger charge is -2.25. The zero-order valence-corrected chi connectivity index (χ0v) is 24.6. The Morgan fingerprint density at radius 1 is 1.05 bits per heavy atom. The second-order valence-electron chi connectivity index (χ2n) is 10.3. The molecule has 0 atom stereocenters. The molecule has 0 spiro atoms. The molecule has 10 heteroatoms. The van der Waals surface area contributed by atoms with Crippen molar-refractivity contribution in [3.05, 3.63) is 65.0 Å². The molecule has 37 heavy (non-hydrogen) atoms. The number of ether oxygens (including phenoxy) is 1. The summed E-state index contributed by atoms with van der Waals surface area (Å²) < 4.78 is 21.1. The van der Waals surface area contributed by atoms with Crippen molar-refractivity contribution < 1.29 is 9.30 Å². The first-order valence-electron chi connectivity index (χ1n) is 11.8. The molecule has 0 aliphatic carbocycles. The van der Waals surface area contributed by atoms with Gasteiger partial charge in [0, 0.05) is 30.3 Å². The van der Waals surface area contributed by atoms with E-state index < -0.39 is 7.14 Å². The van der Waals surface area contributed by atoms with E-state index in [1.54, 1.807) is 31.3 Å². The molecular formula is C27H32BrN6O2P. The lowest BCUT2D eigenvalue weighted by Crippen LogP contribution is -2.14. The first-order chi connectivity index (χ1) is 17.4. The number of nitrogens with one attached hydrogen (secondary N) is 2. The van der Waals surface area contributed by atoms with Gasteiger partial charge in [-0.05, 0) is 70.1 Å². The van der Waals surface area contributed by atoms with Crippen molar-refractivity contribution in [1.82, 2.24) is 19.7 Å². The van der Waals surface area contributed by atoms with Crippen LogP contribution in [0.3, 0.4) is 0 Å². The Morgan fingerprint density at radius 3 is 2.41 bits per heavy atom. The molecule has 4 rings (SSSR count). The van der Waals surface area contributed by atoms with Crippen molar-refractivity contribution in [2.75, 3.05) is 31.1 Å². The minimum atomic E-state index is -2.50. The molecule has 0 aliphatic heterocycles. The molecule has 0 saturated heterocycles. The van der Waals surface area contributed by atoms with E-state index in [0.717, 1.165) is 33.4 Å². The molecule has 2 aromatic heterocycles. The number of benzene rings is 2. The number of nitrogens with zero attached hydrogens (tertiary/aromatic N) is 4. The molecule has 2 aromatic carbocycles. The fourth-order valence-electron chi connectivity index (χ4n) is 4.08. The third-order valence-corrected chi connectivity index (χ3v) is 8.02. The van der Waals surface area contributed by atoms with Gasteiger partial charge in [-0.25, -0.2) is 4.98 Å². The number of aryl methyl sites for hydroxylation is 1. The maximum atomic E-state index is 12.8. The molecule has 4 aromatic rings.